The molecule has 0 spiro atoms. The van der Waals surface area contributed by atoms with Crippen LogP contribution >= 0.6 is 11.6 Å². The minimum absolute atomic E-state index is 0.0126. The second-order valence-corrected chi connectivity index (χ2v) is 5.88. The molecule has 0 radical (unpaired) electrons. The zero-order chi connectivity index (χ0) is 18.4. The molecule has 0 aliphatic heterocycles. The molecule has 132 valence electrons. The molecule has 5 heteroatoms. The van der Waals surface area contributed by atoms with Crippen LogP contribution in [0, 0.1) is 5.82 Å². The number of hydrogen-bond acceptors (Lipinski definition) is 3. The Hall–Kier alpha value is -2.69. The van der Waals surface area contributed by atoms with Crippen molar-refractivity contribution in [3.8, 4) is 5.75 Å². The first-order chi connectivity index (χ1) is 12.7. The molecule has 0 atom stereocenters. The second-order valence-electron chi connectivity index (χ2n) is 5.48. The summed E-state index contributed by atoms with van der Waals surface area (Å²) in [7, 11) is 1.50. The highest BCUT2D eigenvalue weighted by Crippen LogP contribution is 2.33. The zero-order valence-corrected chi connectivity index (χ0v) is 14.9. The molecule has 0 saturated carbocycles. The molecule has 0 fully saturated rings. The van der Waals surface area contributed by atoms with Crippen LogP contribution < -0.4 is 4.74 Å². The molecule has 3 nitrogen and oxygen atoms in total. The summed E-state index contributed by atoms with van der Waals surface area (Å²) >= 11 is 6.04. The summed E-state index contributed by atoms with van der Waals surface area (Å²) in [5, 5.41) is 0.166. The monoisotopic (exact) mass is 369 g/mol. The van der Waals surface area contributed by atoms with E-state index in [1.165, 1.54) is 19.2 Å². The SMILES string of the molecule is COCOc1cc(N=C(c2ccccc2)c2ccccc2)c(F)cc1Cl. The average molecular weight is 370 g/mol. The van der Waals surface area contributed by atoms with Crippen LogP contribution in [-0.4, -0.2) is 19.6 Å². The molecule has 0 heterocycles. The maximum atomic E-state index is 14.5. The number of benzene rings is 3. The normalized spacial score (nSPS) is 10.4. The molecule has 0 amide bonds. The molecule has 26 heavy (non-hydrogen) atoms. The van der Waals surface area contributed by atoms with Crippen molar-refractivity contribution in [2.24, 2.45) is 4.99 Å². The highest BCUT2D eigenvalue weighted by molar-refractivity contribution is 6.32. The summed E-state index contributed by atoms with van der Waals surface area (Å²) in [4.78, 5) is 4.57. The second kappa shape index (κ2) is 8.61. The van der Waals surface area contributed by atoms with E-state index in [1.807, 2.05) is 60.7 Å². The fraction of sp³-hybridized carbons (Fsp3) is 0.0952. The third kappa shape index (κ3) is 4.28. The van der Waals surface area contributed by atoms with Crippen molar-refractivity contribution in [2.45, 2.75) is 0 Å². The third-order valence-electron chi connectivity index (χ3n) is 3.66. The topological polar surface area (TPSA) is 30.8 Å². The van der Waals surface area contributed by atoms with E-state index in [0.717, 1.165) is 11.1 Å². The maximum Gasteiger partial charge on any atom is 0.188 e. The summed E-state index contributed by atoms with van der Waals surface area (Å²) in [6.45, 7) is 0.0126. The number of nitrogens with zero attached hydrogens (tertiary/aromatic N) is 1. The first-order valence-electron chi connectivity index (χ1n) is 7.99. The third-order valence-corrected chi connectivity index (χ3v) is 3.96. The molecule has 3 aromatic rings. The summed E-state index contributed by atoms with van der Waals surface area (Å²) in [5.41, 5.74) is 2.56. The van der Waals surface area contributed by atoms with E-state index in [2.05, 4.69) is 4.99 Å². The van der Waals surface area contributed by atoms with Crippen LogP contribution in [0.5, 0.6) is 5.75 Å². The predicted octanol–water partition coefficient (Wildman–Crippen LogP) is 5.63. The molecule has 3 rings (SSSR count). The van der Waals surface area contributed by atoms with E-state index in [-0.39, 0.29) is 17.5 Å². The highest BCUT2D eigenvalue weighted by Gasteiger charge is 2.13. The van der Waals surface area contributed by atoms with Crippen LogP contribution in [0.15, 0.2) is 77.8 Å². The van der Waals surface area contributed by atoms with E-state index in [9.17, 15) is 4.39 Å². The van der Waals surface area contributed by atoms with Gasteiger partial charge < -0.3 is 9.47 Å². The molecule has 0 N–H and O–H groups in total. The largest absolute Gasteiger partial charge is 0.466 e. The van der Waals surface area contributed by atoms with Crippen molar-refractivity contribution in [1.29, 1.82) is 0 Å². The smallest absolute Gasteiger partial charge is 0.188 e. The lowest BCUT2D eigenvalue weighted by atomic mass is 10.0. The number of methoxy groups -OCH3 is 1. The van der Waals surface area contributed by atoms with Crippen molar-refractivity contribution >= 4 is 23.0 Å². The Morgan fingerprint density at radius 3 is 2.08 bits per heavy atom. The first-order valence-corrected chi connectivity index (χ1v) is 8.37. The zero-order valence-electron chi connectivity index (χ0n) is 14.2. The van der Waals surface area contributed by atoms with Crippen molar-refractivity contribution in [2.75, 3.05) is 13.9 Å². The van der Waals surface area contributed by atoms with Gasteiger partial charge in [-0.1, -0.05) is 72.3 Å². The van der Waals surface area contributed by atoms with Gasteiger partial charge in [0.05, 0.1) is 10.7 Å². The number of halogens is 2. The lowest BCUT2D eigenvalue weighted by Crippen LogP contribution is -2.03. The van der Waals surface area contributed by atoms with Gasteiger partial charge >= 0.3 is 0 Å². The summed E-state index contributed by atoms with van der Waals surface area (Å²) in [5.74, 6) is -0.210. The lowest BCUT2D eigenvalue weighted by Gasteiger charge is -2.11. The van der Waals surface area contributed by atoms with Crippen molar-refractivity contribution in [1.82, 2.24) is 0 Å². The molecule has 0 bridgehead atoms. The standard InChI is InChI=1S/C21H17ClFNO2/c1-25-14-26-20-13-19(18(23)12-17(20)22)24-21(15-8-4-2-5-9-15)16-10-6-3-7-11-16/h2-13H,14H2,1H3. The van der Waals surface area contributed by atoms with Gasteiger partial charge in [0.1, 0.15) is 11.4 Å². The van der Waals surface area contributed by atoms with E-state index in [4.69, 9.17) is 21.1 Å². The van der Waals surface area contributed by atoms with Gasteiger partial charge in [-0.2, -0.15) is 0 Å². The molecule has 0 unspecified atom stereocenters. The van der Waals surface area contributed by atoms with Crippen LogP contribution in [0.4, 0.5) is 10.1 Å². The molecule has 0 saturated heterocycles. The number of aliphatic imine (C=N–C) groups is 1. The van der Waals surface area contributed by atoms with Crippen LogP contribution in [0.1, 0.15) is 11.1 Å². The van der Waals surface area contributed by atoms with Gasteiger partial charge in [-0.3, -0.25) is 0 Å². The van der Waals surface area contributed by atoms with Crippen LogP contribution in [0.25, 0.3) is 0 Å². The van der Waals surface area contributed by atoms with Crippen molar-refractivity contribution in [3.63, 3.8) is 0 Å². The van der Waals surface area contributed by atoms with E-state index in [1.54, 1.807) is 0 Å². The van der Waals surface area contributed by atoms with E-state index < -0.39 is 5.82 Å². The summed E-state index contributed by atoms with van der Waals surface area (Å²) in [6, 6.07) is 21.9. The minimum atomic E-state index is -0.524. The number of rotatable bonds is 6. The summed E-state index contributed by atoms with van der Waals surface area (Å²) < 4.78 is 24.7. The van der Waals surface area contributed by atoms with Gasteiger partial charge in [0.15, 0.2) is 12.6 Å². The Kier molecular flexibility index (Phi) is 6.00. The molecule has 0 aliphatic rings. The average Bonchev–Trinajstić information content (AvgIpc) is 2.68. The fourth-order valence-corrected chi connectivity index (χ4v) is 2.65. The molecule has 3 aromatic carbocycles. The van der Waals surface area contributed by atoms with Gasteiger partial charge in [-0.15, -0.1) is 0 Å². The molecule has 0 aliphatic carbocycles. The number of hydrogen-bond donors (Lipinski definition) is 0. The van der Waals surface area contributed by atoms with Gasteiger partial charge in [-0.05, 0) is 6.07 Å². The fourth-order valence-electron chi connectivity index (χ4n) is 2.45. The Morgan fingerprint density at radius 2 is 1.54 bits per heavy atom. The first kappa shape index (κ1) is 18.1. The van der Waals surface area contributed by atoms with Gasteiger partial charge in [0.2, 0.25) is 0 Å². The van der Waals surface area contributed by atoms with E-state index >= 15 is 0 Å². The van der Waals surface area contributed by atoms with Crippen LogP contribution in [-0.2, 0) is 4.74 Å². The highest BCUT2D eigenvalue weighted by atomic mass is 35.5. The Balaban J connectivity index is 2.11. The Morgan fingerprint density at radius 1 is 0.962 bits per heavy atom. The molecular weight excluding hydrogens is 353 g/mol. The quantitative estimate of drug-likeness (QED) is 0.416. The van der Waals surface area contributed by atoms with Crippen LogP contribution in [0.2, 0.25) is 5.02 Å². The Bertz CT molecular complexity index is 857. The maximum absolute atomic E-state index is 14.5. The van der Waals surface area contributed by atoms with Crippen molar-refractivity contribution < 1.29 is 13.9 Å². The summed E-state index contributed by atoms with van der Waals surface area (Å²) in [6.07, 6.45) is 0. The van der Waals surface area contributed by atoms with Crippen LogP contribution in [0.3, 0.4) is 0 Å². The molecule has 0 aromatic heterocycles. The van der Waals surface area contributed by atoms with E-state index in [0.29, 0.717) is 11.5 Å². The molecular formula is C21H17ClFNO2. The van der Waals surface area contributed by atoms with Crippen molar-refractivity contribution in [3.05, 3.63) is 94.8 Å². The minimum Gasteiger partial charge on any atom is -0.466 e. The van der Waals surface area contributed by atoms with Gasteiger partial charge in [0.25, 0.3) is 0 Å². The lowest BCUT2D eigenvalue weighted by molar-refractivity contribution is 0.0512. The predicted molar refractivity (Wildman–Crippen MR) is 102 cm³/mol. The number of ether oxygens (including phenoxy) is 2. The van der Waals surface area contributed by atoms with Gasteiger partial charge in [0, 0.05) is 24.3 Å². The van der Waals surface area contributed by atoms with Gasteiger partial charge in [-0.25, -0.2) is 9.38 Å². The Labute approximate surface area is 156 Å².